The molecule has 0 unspecified atom stereocenters. The Balaban J connectivity index is 1.48. The second kappa shape index (κ2) is 7.45. The van der Waals surface area contributed by atoms with Crippen LogP contribution in [0, 0.1) is 11.6 Å². The molecule has 0 saturated carbocycles. The highest BCUT2D eigenvalue weighted by Crippen LogP contribution is 2.31. The van der Waals surface area contributed by atoms with Gasteiger partial charge in [0.2, 0.25) is 0 Å². The maximum absolute atomic E-state index is 14.6. The smallest absolute Gasteiger partial charge is 0.414 e. The Kier molecular flexibility index (Phi) is 4.84. The van der Waals surface area contributed by atoms with E-state index in [9.17, 15) is 13.6 Å². The van der Waals surface area contributed by atoms with Crippen molar-refractivity contribution in [2.24, 2.45) is 5.10 Å². The number of carbonyl (C=O) groups is 1. The maximum Gasteiger partial charge on any atom is 0.414 e. The normalized spacial score (nSPS) is 19.5. The number of nitrogens with zero attached hydrogens (tertiary/aromatic N) is 5. The van der Waals surface area contributed by atoms with E-state index in [0.717, 1.165) is 17.8 Å². The van der Waals surface area contributed by atoms with Crippen LogP contribution in [-0.4, -0.2) is 55.4 Å². The molecule has 28 heavy (non-hydrogen) atoms. The minimum atomic E-state index is -0.759. The SMILES string of the molecule is CN1CCN(c2c(F)cc(N3C[C@H](CCc4ccon4)OC3=O)cc2F)C=N1. The molecule has 2 aromatic rings. The fourth-order valence-corrected chi connectivity index (χ4v) is 3.23. The highest BCUT2D eigenvalue weighted by Gasteiger charge is 2.33. The van der Waals surface area contributed by atoms with E-state index >= 15 is 0 Å². The third-order valence-electron chi connectivity index (χ3n) is 4.74. The number of hydrogen-bond donors (Lipinski definition) is 0. The first-order valence-corrected chi connectivity index (χ1v) is 8.89. The number of benzene rings is 1. The van der Waals surface area contributed by atoms with Gasteiger partial charge in [-0.2, -0.15) is 5.10 Å². The molecule has 8 nitrogen and oxygen atoms in total. The molecule has 4 rings (SSSR count). The monoisotopic (exact) mass is 391 g/mol. The fourth-order valence-electron chi connectivity index (χ4n) is 3.23. The third-order valence-corrected chi connectivity index (χ3v) is 4.74. The lowest BCUT2D eigenvalue weighted by atomic mass is 10.1. The molecule has 1 saturated heterocycles. The Morgan fingerprint density at radius 2 is 2.04 bits per heavy atom. The third kappa shape index (κ3) is 3.62. The predicted molar refractivity (Wildman–Crippen MR) is 97.3 cm³/mol. The van der Waals surface area contributed by atoms with Crippen molar-refractivity contribution in [3.63, 3.8) is 0 Å². The molecule has 2 aliphatic heterocycles. The molecule has 1 atom stereocenters. The van der Waals surface area contributed by atoms with E-state index < -0.39 is 17.7 Å². The molecule has 1 fully saturated rings. The van der Waals surface area contributed by atoms with Gasteiger partial charge in [0.25, 0.3) is 0 Å². The molecule has 1 aromatic heterocycles. The van der Waals surface area contributed by atoms with Gasteiger partial charge >= 0.3 is 6.09 Å². The van der Waals surface area contributed by atoms with Gasteiger partial charge in [0, 0.05) is 31.8 Å². The van der Waals surface area contributed by atoms with Gasteiger partial charge in [-0.25, -0.2) is 13.6 Å². The Hall–Kier alpha value is -3.17. The molecule has 1 amide bonds. The minimum Gasteiger partial charge on any atom is -0.444 e. The largest absolute Gasteiger partial charge is 0.444 e. The fraction of sp³-hybridized carbons (Fsp3) is 0.389. The van der Waals surface area contributed by atoms with Gasteiger partial charge in [0.1, 0.15) is 24.4 Å². The van der Waals surface area contributed by atoms with Gasteiger partial charge in [-0.3, -0.25) is 9.91 Å². The topological polar surface area (TPSA) is 74.4 Å². The van der Waals surface area contributed by atoms with E-state index in [4.69, 9.17) is 9.26 Å². The molecule has 0 radical (unpaired) electrons. The lowest BCUT2D eigenvalue weighted by Gasteiger charge is -2.28. The number of rotatable bonds is 5. The van der Waals surface area contributed by atoms with E-state index in [1.165, 1.54) is 22.4 Å². The van der Waals surface area contributed by atoms with Crippen LogP contribution in [0.25, 0.3) is 0 Å². The molecular formula is C18H19F2N5O3. The maximum atomic E-state index is 14.6. The predicted octanol–water partition coefficient (Wildman–Crippen LogP) is 2.61. The number of likely N-dealkylation sites (N-methyl/N-ethyl adjacent to an activating group) is 1. The summed E-state index contributed by atoms with van der Waals surface area (Å²) < 4.78 is 39.4. The molecule has 10 heteroatoms. The first kappa shape index (κ1) is 18.2. The number of ether oxygens (including phenoxy) is 1. The van der Waals surface area contributed by atoms with Crippen LogP contribution in [0.15, 0.2) is 34.1 Å². The zero-order chi connectivity index (χ0) is 19.7. The van der Waals surface area contributed by atoms with Gasteiger partial charge in [-0.05, 0) is 12.8 Å². The van der Waals surface area contributed by atoms with Gasteiger partial charge < -0.3 is 14.2 Å². The van der Waals surface area contributed by atoms with Crippen molar-refractivity contribution in [2.75, 3.05) is 36.5 Å². The van der Waals surface area contributed by atoms with E-state index in [-0.39, 0.29) is 24.0 Å². The van der Waals surface area contributed by atoms with Crippen LogP contribution in [0.2, 0.25) is 0 Å². The van der Waals surface area contributed by atoms with Crippen LogP contribution in [0.4, 0.5) is 25.0 Å². The summed E-state index contributed by atoms with van der Waals surface area (Å²) in [7, 11) is 1.78. The van der Waals surface area contributed by atoms with Crippen molar-refractivity contribution in [2.45, 2.75) is 18.9 Å². The zero-order valence-electron chi connectivity index (χ0n) is 15.2. The standard InChI is InChI=1S/C18H19F2N5O3/c1-23-5-6-24(11-21-23)17-15(19)8-13(9-16(17)20)25-10-14(28-18(25)26)3-2-12-4-7-27-22-12/h4,7-9,11,14H,2-3,5-6,10H2,1H3/t14-/m0/s1. The molecule has 0 bridgehead atoms. The van der Waals surface area contributed by atoms with Crippen molar-refractivity contribution in [1.82, 2.24) is 10.2 Å². The number of carbonyl (C=O) groups excluding carboxylic acids is 1. The van der Waals surface area contributed by atoms with Crippen molar-refractivity contribution < 1.29 is 22.8 Å². The lowest BCUT2D eigenvalue weighted by Crippen LogP contribution is -2.37. The van der Waals surface area contributed by atoms with Crippen molar-refractivity contribution in [3.05, 3.63) is 41.8 Å². The summed E-state index contributed by atoms with van der Waals surface area (Å²) in [5.74, 6) is -1.52. The van der Waals surface area contributed by atoms with Crippen LogP contribution >= 0.6 is 0 Å². The van der Waals surface area contributed by atoms with Crippen molar-refractivity contribution in [3.8, 4) is 0 Å². The summed E-state index contributed by atoms with van der Waals surface area (Å²) in [6.07, 6.45) is 2.95. The number of aryl methyl sites for hydroxylation is 1. The van der Waals surface area contributed by atoms with Crippen LogP contribution in [0.3, 0.4) is 0 Å². The highest BCUT2D eigenvalue weighted by atomic mass is 19.1. The van der Waals surface area contributed by atoms with Gasteiger partial charge in [-0.15, -0.1) is 0 Å². The molecular weight excluding hydrogens is 372 g/mol. The Labute approximate surface area is 159 Å². The Morgan fingerprint density at radius 3 is 2.68 bits per heavy atom. The summed E-state index contributed by atoms with van der Waals surface area (Å²) in [5.41, 5.74) is 0.694. The summed E-state index contributed by atoms with van der Waals surface area (Å²) in [4.78, 5) is 14.8. The van der Waals surface area contributed by atoms with E-state index in [1.54, 1.807) is 18.1 Å². The summed E-state index contributed by atoms with van der Waals surface area (Å²) in [5, 5.41) is 9.53. The molecule has 0 aliphatic carbocycles. The first-order chi connectivity index (χ1) is 13.5. The number of halogens is 2. The molecule has 0 spiro atoms. The van der Waals surface area contributed by atoms with Gasteiger partial charge in [0.05, 0.1) is 24.5 Å². The van der Waals surface area contributed by atoms with Crippen molar-refractivity contribution >= 4 is 23.8 Å². The Bertz CT molecular complexity index is 866. The summed E-state index contributed by atoms with van der Waals surface area (Å²) in [6, 6.07) is 4.03. The summed E-state index contributed by atoms with van der Waals surface area (Å²) >= 11 is 0. The molecule has 3 heterocycles. The second-order valence-corrected chi connectivity index (χ2v) is 6.71. The molecule has 148 valence electrons. The number of hydrazone groups is 1. The Morgan fingerprint density at radius 1 is 1.25 bits per heavy atom. The number of cyclic esters (lactones) is 1. The van der Waals surface area contributed by atoms with Crippen LogP contribution in [-0.2, 0) is 11.2 Å². The number of anilines is 2. The number of hydrogen-bond acceptors (Lipinski definition) is 7. The molecule has 1 aromatic carbocycles. The van der Waals surface area contributed by atoms with E-state index in [0.29, 0.717) is 25.9 Å². The second-order valence-electron chi connectivity index (χ2n) is 6.71. The average Bonchev–Trinajstić information content (AvgIpc) is 3.30. The van der Waals surface area contributed by atoms with E-state index in [1.807, 2.05) is 0 Å². The van der Waals surface area contributed by atoms with Crippen LogP contribution in [0.5, 0.6) is 0 Å². The quantitative estimate of drug-likeness (QED) is 0.780. The van der Waals surface area contributed by atoms with Crippen molar-refractivity contribution in [1.29, 1.82) is 0 Å². The molecule has 2 aliphatic rings. The van der Waals surface area contributed by atoms with Gasteiger partial charge in [0.15, 0.2) is 11.6 Å². The summed E-state index contributed by atoms with van der Waals surface area (Å²) in [6.45, 7) is 1.16. The van der Waals surface area contributed by atoms with E-state index in [2.05, 4.69) is 10.3 Å². The zero-order valence-corrected chi connectivity index (χ0v) is 15.2. The molecule has 0 N–H and O–H groups in total. The lowest BCUT2D eigenvalue weighted by molar-refractivity contribution is 0.136. The van der Waals surface area contributed by atoms with Gasteiger partial charge in [-0.1, -0.05) is 5.16 Å². The highest BCUT2D eigenvalue weighted by molar-refractivity contribution is 5.90. The van der Waals surface area contributed by atoms with Crippen LogP contribution in [0.1, 0.15) is 12.1 Å². The number of amides is 1. The van der Waals surface area contributed by atoms with Crippen LogP contribution < -0.4 is 9.80 Å². The average molecular weight is 391 g/mol. The number of aromatic nitrogens is 1. The minimum absolute atomic E-state index is 0.124. The first-order valence-electron chi connectivity index (χ1n) is 8.89.